The third-order valence-electron chi connectivity index (χ3n) is 3.99. The first-order valence-electron chi connectivity index (χ1n) is 7.63. The van der Waals surface area contributed by atoms with Crippen LogP contribution in [0.4, 0.5) is 0 Å². The molecule has 0 spiro atoms. The van der Waals surface area contributed by atoms with E-state index in [-0.39, 0.29) is 11.7 Å². The third-order valence-corrected chi connectivity index (χ3v) is 5.00. The molecule has 1 aliphatic carbocycles. The van der Waals surface area contributed by atoms with Crippen LogP contribution in [0.15, 0.2) is 18.2 Å². The van der Waals surface area contributed by atoms with Crippen molar-refractivity contribution in [3.63, 3.8) is 0 Å². The smallest absolute Gasteiger partial charge is 0.280 e. The molecule has 6 nitrogen and oxygen atoms in total. The molecule has 23 heavy (non-hydrogen) atoms. The molecule has 1 aromatic carbocycles. The SMILES string of the molecule is O=C(NCc1nc2c([nH]1)CCCC2)c1nc2ccc(O)cc2s1. The van der Waals surface area contributed by atoms with Gasteiger partial charge >= 0.3 is 0 Å². The number of aryl methyl sites for hydroxylation is 2. The number of hydrogen-bond donors (Lipinski definition) is 3. The van der Waals surface area contributed by atoms with E-state index in [4.69, 9.17) is 0 Å². The Balaban J connectivity index is 1.47. The van der Waals surface area contributed by atoms with Crippen molar-refractivity contribution in [1.82, 2.24) is 20.3 Å². The van der Waals surface area contributed by atoms with Gasteiger partial charge in [-0.15, -0.1) is 11.3 Å². The van der Waals surface area contributed by atoms with E-state index in [1.54, 1.807) is 18.2 Å². The van der Waals surface area contributed by atoms with Gasteiger partial charge in [0.1, 0.15) is 11.6 Å². The number of rotatable bonds is 3. The summed E-state index contributed by atoms with van der Waals surface area (Å²) in [5.41, 5.74) is 3.05. The lowest BCUT2D eigenvalue weighted by atomic mass is 10.0. The predicted octanol–water partition coefficient (Wildman–Crippen LogP) is 2.53. The number of fused-ring (bicyclic) bond motifs is 2. The minimum Gasteiger partial charge on any atom is -0.508 e. The number of amides is 1. The van der Waals surface area contributed by atoms with Crippen molar-refractivity contribution in [2.45, 2.75) is 32.2 Å². The van der Waals surface area contributed by atoms with Crippen LogP contribution in [0.1, 0.15) is 39.9 Å². The van der Waals surface area contributed by atoms with Gasteiger partial charge in [-0.2, -0.15) is 0 Å². The van der Waals surface area contributed by atoms with E-state index < -0.39 is 0 Å². The van der Waals surface area contributed by atoms with Crippen LogP contribution >= 0.6 is 11.3 Å². The van der Waals surface area contributed by atoms with Crippen molar-refractivity contribution in [2.24, 2.45) is 0 Å². The number of aromatic amines is 1. The van der Waals surface area contributed by atoms with E-state index in [0.29, 0.717) is 17.1 Å². The maximum atomic E-state index is 12.2. The molecule has 3 aromatic rings. The second-order valence-electron chi connectivity index (χ2n) is 5.67. The molecular weight excluding hydrogens is 312 g/mol. The van der Waals surface area contributed by atoms with Crippen molar-refractivity contribution >= 4 is 27.5 Å². The third kappa shape index (κ3) is 2.79. The molecule has 0 radical (unpaired) electrons. The molecule has 0 aliphatic heterocycles. The van der Waals surface area contributed by atoms with E-state index in [1.807, 2.05) is 0 Å². The molecule has 0 saturated heterocycles. The number of aromatic hydroxyl groups is 1. The van der Waals surface area contributed by atoms with Crippen LogP contribution in [-0.4, -0.2) is 26.0 Å². The average molecular weight is 328 g/mol. The molecule has 0 unspecified atom stereocenters. The van der Waals surface area contributed by atoms with E-state index in [0.717, 1.165) is 29.1 Å². The summed E-state index contributed by atoms with van der Waals surface area (Å²) in [5, 5.41) is 12.7. The van der Waals surface area contributed by atoms with Crippen LogP contribution in [0.3, 0.4) is 0 Å². The number of nitrogens with zero attached hydrogens (tertiary/aromatic N) is 2. The molecule has 0 fully saturated rings. The molecule has 0 atom stereocenters. The Kier molecular flexibility index (Phi) is 3.49. The van der Waals surface area contributed by atoms with Gasteiger partial charge in [0, 0.05) is 5.69 Å². The standard InChI is InChI=1S/C16H16N4O2S/c21-9-5-6-12-13(7-9)23-16(20-12)15(22)17-8-14-18-10-3-1-2-4-11(10)19-14/h5-7,21H,1-4,8H2,(H,17,22)(H,18,19). The first kappa shape index (κ1) is 14.2. The van der Waals surface area contributed by atoms with Gasteiger partial charge in [-0.3, -0.25) is 4.79 Å². The minimum atomic E-state index is -0.222. The van der Waals surface area contributed by atoms with Crippen molar-refractivity contribution in [3.8, 4) is 5.75 Å². The first-order chi connectivity index (χ1) is 11.2. The summed E-state index contributed by atoms with van der Waals surface area (Å²) in [4.78, 5) is 24.4. The highest BCUT2D eigenvalue weighted by molar-refractivity contribution is 7.20. The summed E-state index contributed by atoms with van der Waals surface area (Å²) in [6, 6.07) is 4.89. The highest BCUT2D eigenvalue weighted by Crippen LogP contribution is 2.25. The van der Waals surface area contributed by atoms with Gasteiger partial charge in [0.2, 0.25) is 0 Å². The molecule has 1 aliphatic rings. The number of H-pyrrole nitrogens is 1. The zero-order valence-corrected chi connectivity index (χ0v) is 13.2. The number of phenolic OH excluding ortho intramolecular Hbond substituents is 1. The number of nitrogens with one attached hydrogen (secondary N) is 2. The van der Waals surface area contributed by atoms with Crippen molar-refractivity contribution in [3.05, 3.63) is 40.4 Å². The van der Waals surface area contributed by atoms with Crippen LogP contribution in [0.2, 0.25) is 0 Å². The van der Waals surface area contributed by atoms with Crippen LogP contribution in [-0.2, 0) is 19.4 Å². The van der Waals surface area contributed by atoms with Gasteiger partial charge in [-0.1, -0.05) is 0 Å². The highest BCUT2D eigenvalue weighted by Gasteiger charge is 2.16. The molecular formula is C16H16N4O2S. The number of phenols is 1. The zero-order valence-electron chi connectivity index (χ0n) is 12.4. The fraction of sp³-hybridized carbons (Fsp3) is 0.312. The number of thiazole rings is 1. The first-order valence-corrected chi connectivity index (χ1v) is 8.45. The van der Waals surface area contributed by atoms with Gasteiger partial charge in [0.05, 0.1) is 22.5 Å². The number of carbonyl (C=O) groups excluding carboxylic acids is 1. The summed E-state index contributed by atoms with van der Waals surface area (Å²) in [6.45, 7) is 0.368. The fourth-order valence-corrected chi connectivity index (χ4v) is 3.76. The topological polar surface area (TPSA) is 90.9 Å². The number of aromatic nitrogens is 3. The summed E-state index contributed by atoms with van der Waals surface area (Å²) >= 11 is 1.27. The minimum absolute atomic E-state index is 0.175. The van der Waals surface area contributed by atoms with Crippen LogP contribution in [0.5, 0.6) is 5.75 Å². The van der Waals surface area contributed by atoms with Crippen LogP contribution < -0.4 is 5.32 Å². The molecule has 0 bridgehead atoms. The van der Waals surface area contributed by atoms with E-state index in [1.165, 1.54) is 29.9 Å². The average Bonchev–Trinajstić information content (AvgIpc) is 3.15. The number of hydrogen-bond acceptors (Lipinski definition) is 5. The van der Waals surface area contributed by atoms with E-state index in [2.05, 4.69) is 20.3 Å². The summed E-state index contributed by atoms with van der Waals surface area (Å²) in [5.74, 6) is 0.748. The second-order valence-corrected chi connectivity index (χ2v) is 6.70. The van der Waals surface area contributed by atoms with Gasteiger partial charge in [0.25, 0.3) is 5.91 Å². The molecule has 4 rings (SSSR count). The number of imidazole rings is 1. The highest BCUT2D eigenvalue weighted by atomic mass is 32.1. The molecule has 0 saturated carbocycles. The molecule has 118 valence electrons. The lowest BCUT2D eigenvalue weighted by Crippen LogP contribution is -2.23. The summed E-state index contributed by atoms with van der Waals surface area (Å²) in [6.07, 6.45) is 4.43. The normalized spacial score (nSPS) is 13.9. The maximum absolute atomic E-state index is 12.2. The second kappa shape index (κ2) is 5.66. The Morgan fingerprint density at radius 2 is 2.17 bits per heavy atom. The van der Waals surface area contributed by atoms with Crippen molar-refractivity contribution in [1.29, 1.82) is 0 Å². The molecule has 7 heteroatoms. The van der Waals surface area contributed by atoms with Gasteiger partial charge in [0.15, 0.2) is 5.01 Å². The van der Waals surface area contributed by atoms with Crippen molar-refractivity contribution < 1.29 is 9.90 Å². The Labute approximate surface area is 136 Å². The Bertz CT molecular complexity index is 860. The van der Waals surface area contributed by atoms with Crippen molar-refractivity contribution in [2.75, 3.05) is 0 Å². The fourth-order valence-electron chi connectivity index (χ4n) is 2.85. The van der Waals surface area contributed by atoms with Gasteiger partial charge in [-0.05, 0) is 43.9 Å². The van der Waals surface area contributed by atoms with Crippen LogP contribution in [0, 0.1) is 0 Å². The number of benzene rings is 1. The molecule has 1 amide bonds. The Hall–Kier alpha value is -2.41. The molecule has 2 aromatic heterocycles. The van der Waals surface area contributed by atoms with E-state index in [9.17, 15) is 9.90 Å². The largest absolute Gasteiger partial charge is 0.508 e. The Morgan fingerprint density at radius 1 is 1.30 bits per heavy atom. The van der Waals surface area contributed by atoms with E-state index >= 15 is 0 Å². The summed E-state index contributed by atoms with van der Waals surface area (Å²) in [7, 11) is 0. The zero-order chi connectivity index (χ0) is 15.8. The lowest BCUT2D eigenvalue weighted by Gasteiger charge is -2.07. The quantitative estimate of drug-likeness (QED) is 0.689. The Morgan fingerprint density at radius 3 is 3.04 bits per heavy atom. The van der Waals surface area contributed by atoms with Gasteiger partial charge < -0.3 is 15.4 Å². The van der Waals surface area contributed by atoms with Crippen LogP contribution in [0.25, 0.3) is 10.2 Å². The summed E-state index contributed by atoms with van der Waals surface area (Å²) < 4.78 is 0.795. The number of carbonyl (C=O) groups is 1. The molecule has 2 heterocycles. The van der Waals surface area contributed by atoms with Gasteiger partial charge in [-0.25, -0.2) is 9.97 Å². The predicted molar refractivity (Wildman–Crippen MR) is 87.7 cm³/mol. The monoisotopic (exact) mass is 328 g/mol. The molecule has 3 N–H and O–H groups in total. The lowest BCUT2D eigenvalue weighted by molar-refractivity contribution is 0.0950. The maximum Gasteiger partial charge on any atom is 0.280 e.